The van der Waals surface area contributed by atoms with Crippen LogP contribution in [0.3, 0.4) is 0 Å². The second kappa shape index (κ2) is 7.24. The highest BCUT2D eigenvalue weighted by Gasteiger charge is 2.22. The molecule has 0 amide bonds. The quantitative estimate of drug-likeness (QED) is 0.672. The van der Waals surface area contributed by atoms with E-state index in [2.05, 4.69) is 28.3 Å². The molecular formula is C20H30N6O2. The van der Waals surface area contributed by atoms with Gasteiger partial charge >= 0.3 is 5.69 Å². The van der Waals surface area contributed by atoms with Crippen molar-refractivity contribution in [3.8, 4) is 0 Å². The first kappa shape index (κ1) is 19.0. The smallest absolute Gasteiger partial charge is 0.311 e. The van der Waals surface area contributed by atoms with Gasteiger partial charge in [-0.05, 0) is 46.2 Å². The molecule has 0 aliphatic carbocycles. The normalized spacial score (nSPS) is 17.0. The lowest BCUT2D eigenvalue weighted by molar-refractivity contribution is 0.218. The van der Waals surface area contributed by atoms with Crippen molar-refractivity contribution in [3.63, 3.8) is 0 Å². The van der Waals surface area contributed by atoms with Gasteiger partial charge in [-0.15, -0.1) is 0 Å². The highest BCUT2D eigenvalue weighted by molar-refractivity contribution is 5.75. The molecule has 1 saturated heterocycles. The van der Waals surface area contributed by atoms with Crippen molar-refractivity contribution >= 4 is 16.9 Å². The lowest BCUT2D eigenvalue weighted by atomic mass is 10.1. The molecular weight excluding hydrogens is 356 g/mol. The van der Waals surface area contributed by atoms with Gasteiger partial charge in [-0.1, -0.05) is 13.3 Å². The average molecular weight is 387 g/mol. The zero-order chi connectivity index (χ0) is 20.0. The second-order valence-electron chi connectivity index (χ2n) is 8.05. The van der Waals surface area contributed by atoms with Gasteiger partial charge in [-0.3, -0.25) is 18.3 Å². The van der Waals surface area contributed by atoms with E-state index in [1.807, 2.05) is 17.5 Å². The first-order valence-electron chi connectivity index (χ1n) is 10.4. The van der Waals surface area contributed by atoms with E-state index in [1.54, 1.807) is 7.05 Å². The Balaban J connectivity index is 1.85. The monoisotopic (exact) mass is 386 g/mol. The number of hydrogen-bond acceptors (Lipinski definition) is 4. The van der Waals surface area contributed by atoms with Crippen molar-refractivity contribution in [2.24, 2.45) is 7.05 Å². The number of piperidine rings is 1. The number of likely N-dealkylation sites (tertiary alicyclic amines) is 1. The van der Waals surface area contributed by atoms with Crippen LogP contribution in [0.15, 0.2) is 15.8 Å². The molecule has 1 aliphatic rings. The fourth-order valence-corrected chi connectivity index (χ4v) is 4.38. The third-order valence-corrected chi connectivity index (χ3v) is 6.19. The van der Waals surface area contributed by atoms with Gasteiger partial charge in [0.1, 0.15) is 0 Å². The maximum Gasteiger partial charge on any atom is 0.332 e. The maximum atomic E-state index is 13.3. The minimum Gasteiger partial charge on any atom is -0.311 e. The molecule has 3 aromatic heterocycles. The molecule has 152 valence electrons. The van der Waals surface area contributed by atoms with Crippen LogP contribution in [0.25, 0.3) is 16.9 Å². The summed E-state index contributed by atoms with van der Waals surface area (Å²) in [5, 5.41) is 0. The number of hydrogen-bond donors (Lipinski definition) is 0. The Kier molecular flexibility index (Phi) is 4.91. The molecule has 0 unspecified atom stereocenters. The minimum atomic E-state index is -0.290. The Morgan fingerprint density at radius 1 is 1.14 bits per heavy atom. The van der Waals surface area contributed by atoms with E-state index in [1.165, 1.54) is 28.4 Å². The second-order valence-corrected chi connectivity index (χ2v) is 8.05. The predicted octanol–water partition coefficient (Wildman–Crippen LogP) is 1.91. The van der Waals surface area contributed by atoms with E-state index >= 15 is 0 Å². The van der Waals surface area contributed by atoms with Crippen LogP contribution in [0, 0.1) is 6.92 Å². The zero-order valence-electron chi connectivity index (χ0n) is 17.3. The lowest BCUT2D eigenvalue weighted by Crippen LogP contribution is -2.43. The zero-order valence-corrected chi connectivity index (χ0v) is 17.3. The summed E-state index contributed by atoms with van der Waals surface area (Å²) >= 11 is 0. The van der Waals surface area contributed by atoms with Crippen molar-refractivity contribution in [1.82, 2.24) is 28.0 Å². The summed E-state index contributed by atoms with van der Waals surface area (Å²) in [6.07, 6.45) is 6.57. The Morgan fingerprint density at radius 2 is 1.86 bits per heavy atom. The third-order valence-electron chi connectivity index (χ3n) is 6.19. The van der Waals surface area contributed by atoms with Gasteiger partial charge in [-0.25, -0.2) is 4.79 Å². The van der Waals surface area contributed by atoms with Crippen molar-refractivity contribution in [2.75, 3.05) is 19.6 Å². The van der Waals surface area contributed by atoms with Gasteiger partial charge in [0.15, 0.2) is 11.2 Å². The Labute approximate surface area is 164 Å². The summed E-state index contributed by atoms with van der Waals surface area (Å²) in [6, 6.07) is 0.271. The van der Waals surface area contributed by atoms with Crippen LogP contribution in [0.4, 0.5) is 0 Å². The van der Waals surface area contributed by atoms with Gasteiger partial charge in [0.25, 0.3) is 5.56 Å². The van der Waals surface area contributed by atoms with Gasteiger partial charge in [0.05, 0.1) is 0 Å². The standard InChI is InChI=1S/C20H30N6O2/c1-5-14(2)26-15(3)13-25-16-17(21-19(25)26)22(4)20(28)24(18(16)27)12-11-23-9-7-6-8-10-23/h13-14H,5-12H2,1-4H3/t14-/m0/s1. The lowest BCUT2D eigenvalue weighted by Gasteiger charge is -2.26. The highest BCUT2D eigenvalue weighted by Crippen LogP contribution is 2.22. The Morgan fingerprint density at radius 3 is 2.54 bits per heavy atom. The van der Waals surface area contributed by atoms with Crippen molar-refractivity contribution < 1.29 is 0 Å². The summed E-state index contributed by atoms with van der Waals surface area (Å²) in [4.78, 5) is 33.2. The summed E-state index contributed by atoms with van der Waals surface area (Å²) in [5.41, 5.74) is 1.47. The van der Waals surface area contributed by atoms with Gasteiger partial charge < -0.3 is 9.47 Å². The first-order valence-corrected chi connectivity index (χ1v) is 10.4. The number of aryl methyl sites for hydroxylation is 2. The van der Waals surface area contributed by atoms with E-state index in [0.29, 0.717) is 17.7 Å². The number of nitrogens with zero attached hydrogens (tertiary/aromatic N) is 6. The number of aromatic nitrogens is 5. The number of imidazole rings is 2. The maximum absolute atomic E-state index is 13.3. The first-order chi connectivity index (χ1) is 13.4. The SMILES string of the molecule is CC[C@H](C)n1c(C)cn2c3c(=O)n(CCN4CCCCC4)c(=O)n(C)c3nc12. The average Bonchev–Trinajstić information content (AvgIpc) is 3.21. The Hall–Kier alpha value is -2.35. The summed E-state index contributed by atoms with van der Waals surface area (Å²) in [5.74, 6) is 0.725. The van der Waals surface area contributed by atoms with Crippen LogP contribution >= 0.6 is 0 Å². The van der Waals surface area contributed by atoms with E-state index in [-0.39, 0.29) is 17.3 Å². The predicted molar refractivity (Wildman–Crippen MR) is 110 cm³/mol. The van der Waals surface area contributed by atoms with Gasteiger partial charge in [-0.2, -0.15) is 4.98 Å². The molecule has 1 atom stereocenters. The van der Waals surface area contributed by atoms with E-state index in [4.69, 9.17) is 0 Å². The van der Waals surface area contributed by atoms with Gasteiger partial charge in [0.2, 0.25) is 5.78 Å². The molecule has 0 aromatic carbocycles. The molecule has 28 heavy (non-hydrogen) atoms. The summed E-state index contributed by atoms with van der Waals surface area (Å²) in [7, 11) is 1.70. The molecule has 0 N–H and O–H groups in total. The van der Waals surface area contributed by atoms with Crippen molar-refractivity contribution in [3.05, 3.63) is 32.7 Å². The number of rotatable bonds is 5. The molecule has 1 fully saturated rings. The number of fused-ring (bicyclic) bond motifs is 3. The topological polar surface area (TPSA) is 69.5 Å². The molecule has 0 saturated carbocycles. The van der Waals surface area contributed by atoms with Crippen LogP contribution in [0.1, 0.15) is 51.3 Å². The summed E-state index contributed by atoms with van der Waals surface area (Å²) < 4.78 is 6.88. The summed E-state index contributed by atoms with van der Waals surface area (Å²) in [6.45, 7) is 9.55. The van der Waals surface area contributed by atoms with Crippen LogP contribution < -0.4 is 11.2 Å². The molecule has 0 radical (unpaired) electrons. The van der Waals surface area contributed by atoms with Crippen LogP contribution in [0.5, 0.6) is 0 Å². The van der Waals surface area contributed by atoms with Gasteiger partial charge in [0, 0.05) is 38.1 Å². The van der Waals surface area contributed by atoms with E-state index in [9.17, 15) is 9.59 Å². The highest BCUT2D eigenvalue weighted by atomic mass is 16.2. The van der Waals surface area contributed by atoms with Crippen molar-refractivity contribution in [1.29, 1.82) is 0 Å². The molecule has 8 heteroatoms. The minimum absolute atomic E-state index is 0.246. The molecule has 1 aliphatic heterocycles. The van der Waals surface area contributed by atoms with Crippen LogP contribution in [-0.4, -0.2) is 47.6 Å². The van der Waals surface area contributed by atoms with Crippen molar-refractivity contribution in [2.45, 2.75) is 59.0 Å². The fraction of sp³-hybridized carbons (Fsp3) is 0.650. The molecule has 8 nitrogen and oxygen atoms in total. The molecule has 0 bridgehead atoms. The largest absolute Gasteiger partial charge is 0.332 e. The van der Waals surface area contributed by atoms with Crippen LogP contribution in [0.2, 0.25) is 0 Å². The fourth-order valence-electron chi connectivity index (χ4n) is 4.38. The molecule has 3 aromatic rings. The van der Waals surface area contributed by atoms with E-state index in [0.717, 1.165) is 37.5 Å². The molecule has 0 spiro atoms. The molecule has 4 rings (SSSR count). The van der Waals surface area contributed by atoms with Crippen LogP contribution in [-0.2, 0) is 13.6 Å². The molecule has 4 heterocycles. The Bertz CT molecular complexity index is 1130. The van der Waals surface area contributed by atoms with E-state index < -0.39 is 0 Å². The third kappa shape index (κ3) is 2.90.